The van der Waals surface area contributed by atoms with Crippen LogP contribution in [0.3, 0.4) is 0 Å². The maximum atomic E-state index is 12.9. The minimum absolute atomic E-state index is 0.230. The predicted octanol–water partition coefficient (Wildman–Crippen LogP) is 4.42. The molecule has 1 N–H and O–H groups in total. The molecule has 0 unspecified atom stereocenters. The van der Waals surface area contributed by atoms with Gasteiger partial charge in [0.1, 0.15) is 11.4 Å². The molecule has 1 fully saturated rings. The van der Waals surface area contributed by atoms with Crippen LogP contribution in [0.5, 0.6) is 0 Å². The Labute approximate surface area is 237 Å². The van der Waals surface area contributed by atoms with Crippen LogP contribution in [0.1, 0.15) is 49.0 Å². The summed E-state index contributed by atoms with van der Waals surface area (Å²) in [6, 6.07) is 7.44. The molecule has 0 radical (unpaired) electrons. The number of halogens is 1. The van der Waals surface area contributed by atoms with Gasteiger partial charge in [0.05, 0.1) is 16.6 Å². The molecule has 1 aliphatic heterocycles. The maximum absolute atomic E-state index is 12.9. The zero-order valence-corrected chi connectivity index (χ0v) is 24.2. The summed E-state index contributed by atoms with van der Waals surface area (Å²) in [6.45, 7) is 12.7. The van der Waals surface area contributed by atoms with Gasteiger partial charge in [0.15, 0.2) is 5.82 Å². The van der Waals surface area contributed by atoms with Crippen molar-refractivity contribution in [2.75, 3.05) is 26.2 Å². The predicted molar refractivity (Wildman–Crippen MR) is 154 cm³/mol. The van der Waals surface area contributed by atoms with Crippen LogP contribution in [0.2, 0.25) is 5.02 Å². The highest BCUT2D eigenvalue weighted by Gasteiger charge is 2.26. The molecule has 0 bridgehead atoms. The zero-order valence-electron chi connectivity index (χ0n) is 23.5. The van der Waals surface area contributed by atoms with Crippen molar-refractivity contribution < 1.29 is 9.53 Å². The van der Waals surface area contributed by atoms with Gasteiger partial charge in [-0.15, -0.1) is 0 Å². The van der Waals surface area contributed by atoms with E-state index in [4.69, 9.17) is 21.3 Å². The molecule has 4 aromatic rings. The zero-order chi connectivity index (χ0) is 28.6. The minimum atomic E-state index is -0.519. The summed E-state index contributed by atoms with van der Waals surface area (Å²) in [5.41, 5.74) is 3.72. The van der Waals surface area contributed by atoms with E-state index in [1.54, 1.807) is 21.8 Å². The molecule has 1 aromatic carbocycles. The number of carbonyl (C=O) groups is 1. The molecule has 4 heterocycles. The fourth-order valence-corrected chi connectivity index (χ4v) is 4.85. The molecule has 1 saturated heterocycles. The second-order valence-corrected chi connectivity index (χ2v) is 11.7. The van der Waals surface area contributed by atoms with Crippen molar-refractivity contribution in [2.45, 2.75) is 53.2 Å². The van der Waals surface area contributed by atoms with Crippen LogP contribution in [0.25, 0.3) is 16.7 Å². The summed E-state index contributed by atoms with van der Waals surface area (Å²) >= 11 is 6.59. The molecule has 40 heavy (non-hydrogen) atoms. The van der Waals surface area contributed by atoms with Gasteiger partial charge in [-0.3, -0.25) is 9.69 Å². The molecule has 0 aliphatic carbocycles. The first-order valence-electron chi connectivity index (χ1n) is 13.3. The smallest absolute Gasteiger partial charge is 0.410 e. The van der Waals surface area contributed by atoms with Crippen LogP contribution in [0.15, 0.2) is 41.5 Å². The molecule has 0 atom stereocenters. The molecule has 1 amide bonds. The molecular formula is C29H34ClN7O3. The van der Waals surface area contributed by atoms with E-state index in [0.717, 1.165) is 28.2 Å². The van der Waals surface area contributed by atoms with E-state index in [2.05, 4.69) is 20.0 Å². The Hall–Kier alpha value is -3.76. The highest BCUT2D eigenvalue weighted by Crippen LogP contribution is 2.24. The number of piperazine rings is 1. The first-order valence-corrected chi connectivity index (χ1v) is 13.7. The van der Waals surface area contributed by atoms with Crippen LogP contribution in [0.4, 0.5) is 4.79 Å². The molecule has 0 saturated carbocycles. The first-order chi connectivity index (χ1) is 18.9. The lowest BCUT2D eigenvalue weighted by atomic mass is 10.1. The average molecular weight is 564 g/mol. The fraction of sp³-hybridized carbons (Fsp3) is 0.414. The van der Waals surface area contributed by atoms with E-state index in [9.17, 15) is 9.59 Å². The Kier molecular flexibility index (Phi) is 7.65. The van der Waals surface area contributed by atoms with E-state index in [1.807, 2.05) is 59.0 Å². The third-order valence-corrected chi connectivity index (χ3v) is 7.25. The van der Waals surface area contributed by atoms with Crippen LogP contribution >= 0.6 is 11.6 Å². The third kappa shape index (κ3) is 6.34. The molecule has 3 aromatic heterocycles. The monoisotopic (exact) mass is 563 g/mol. The van der Waals surface area contributed by atoms with Crippen molar-refractivity contribution in [3.63, 3.8) is 0 Å². The Balaban J connectivity index is 1.28. The van der Waals surface area contributed by atoms with E-state index in [1.165, 1.54) is 0 Å². The summed E-state index contributed by atoms with van der Waals surface area (Å²) in [5, 5.41) is 5.45. The van der Waals surface area contributed by atoms with Gasteiger partial charge in [0.2, 0.25) is 0 Å². The van der Waals surface area contributed by atoms with Crippen molar-refractivity contribution >= 4 is 28.6 Å². The highest BCUT2D eigenvalue weighted by molar-refractivity contribution is 6.32. The van der Waals surface area contributed by atoms with Crippen molar-refractivity contribution in [1.29, 1.82) is 0 Å². The minimum Gasteiger partial charge on any atom is -0.444 e. The van der Waals surface area contributed by atoms with Gasteiger partial charge in [-0.25, -0.2) is 19.4 Å². The quantitative estimate of drug-likeness (QED) is 0.383. The standard InChI is InChI=1S/C29H34ClN7O3/c1-18-16-37(34-19(18)2)26-7-6-20(15-31-26)12-25-32-24-13-21(23(30)14-22(24)27(38)33-25)17-35-8-10-36(11-9-35)28(39)40-29(3,4)5/h6-7,13-16H,8-12,17H2,1-5H3,(H,32,33,38). The van der Waals surface area contributed by atoms with Gasteiger partial charge in [-0.2, -0.15) is 5.10 Å². The third-order valence-electron chi connectivity index (χ3n) is 6.90. The molecule has 1 aliphatic rings. The van der Waals surface area contributed by atoms with Crippen LogP contribution in [-0.2, 0) is 17.7 Å². The molecule has 0 spiro atoms. The number of aromatic nitrogens is 5. The number of nitrogens with zero attached hydrogens (tertiary/aromatic N) is 6. The van der Waals surface area contributed by atoms with E-state index < -0.39 is 5.60 Å². The number of hydrogen-bond donors (Lipinski definition) is 1. The van der Waals surface area contributed by atoms with E-state index in [-0.39, 0.29) is 11.7 Å². The first kappa shape index (κ1) is 27.8. The fourth-order valence-electron chi connectivity index (χ4n) is 4.63. The number of fused-ring (bicyclic) bond motifs is 1. The lowest BCUT2D eigenvalue weighted by Gasteiger charge is -2.35. The summed E-state index contributed by atoms with van der Waals surface area (Å²) in [4.78, 5) is 41.4. The topological polar surface area (TPSA) is 109 Å². The Morgan fingerprint density at radius 1 is 1.12 bits per heavy atom. The number of hydrogen-bond acceptors (Lipinski definition) is 7. The van der Waals surface area contributed by atoms with Crippen molar-refractivity contribution in [1.82, 2.24) is 34.5 Å². The largest absolute Gasteiger partial charge is 0.444 e. The number of ether oxygens (including phenoxy) is 1. The number of pyridine rings is 1. The normalized spacial score (nSPS) is 14.6. The highest BCUT2D eigenvalue weighted by atomic mass is 35.5. The van der Waals surface area contributed by atoms with E-state index in [0.29, 0.717) is 60.9 Å². The second kappa shape index (κ2) is 11.0. The molecule has 10 nitrogen and oxygen atoms in total. The number of H-pyrrole nitrogens is 1. The number of aromatic amines is 1. The number of carbonyl (C=O) groups excluding carboxylic acids is 1. The number of amides is 1. The summed E-state index contributed by atoms with van der Waals surface area (Å²) < 4.78 is 7.25. The Morgan fingerprint density at radius 2 is 1.88 bits per heavy atom. The SMILES string of the molecule is Cc1cn(-c2ccc(Cc3nc4cc(CN5CCN(C(=O)OC(C)(C)C)CC5)c(Cl)cc4c(=O)[nH]3)cn2)nc1C. The number of benzene rings is 1. The van der Waals surface area contributed by atoms with Gasteiger partial charge >= 0.3 is 6.09 Å². The lowest BCUT2D eigenvalue weighted by molar-refractivity contribution is 0.0139. The molecule has 5 rings (SSSR count). The Morgan fingerprint density at radius 3 is 2.50 bits per heavy atom. The second-order valence-electron chi connectivity index (χ2n) is 11.3. The van der Waals surface area contributed by atoms with Crippen LogP contribution in [0, 0.1) is 13.8 Å². The van der Waals surface area contributed by atoms with Crippen LogP contribution in [-0.4, -0.2) is 72.4 Å². The summed E-state index contributed by atoms with van der Waals surface area (Å²) in [6.07, 6.45) is 3.86. The molecule has 210 valence electrons. The molecule has 11 heteroatoms. The van der Waals surface area contributed by atoms with Gasteiger partial charge in [-0.05, 0) is 69.5 Å². The number of rotatable bonds is 5. The summed E-state index contributed by atoms with van der Waals surface area (Å²) in [7, 11) is 0. The number of nitrogens with one attached hydrogen (secondary N) is 1. The van der Waals surface area contributed by atoms with Crippen molar-refractivity contribution in [2.24, 2.45) is 0 Å². The van der Waals surface area contributed by atoms with E-state index >= 15 is 0 Å². The van der Waals surface area contributed by atoms with Crippen LogP contribution < -0.4 is 5.56 Å². The van der Waals surface area contributed by atoms with Gasteiger partial charge in [0.25, 0.3) is 5.56 Å². The van der Waals surface area contributed by atoms with Crippen molar-refractivity contribution in [3.05, 3.63) is 80.2 Å². The van der Waals surface area contributed by atoms with Gasteiger partial charge < -0.3 is 14.6 Å². The van der Waals surface area contributed by atoms with Gasteiger partial charge in [-0.1, -0.05) is 17.7 Å². The Bertz CT molecular complexity index is 1580. The lowest BCUT2D eigenvalue weighted by Crippen LogP contribution is -2.49. The average Bonchev–Trinajstić information content (AvgIpc) is 3.23. The van der Waals surface area contributed by atoms with Crippen molar-refractivity contribution in [3.8, 4) is 5.82 Å². The molecular weight excluding hydrogens is 530 g/mol. The van der Waals surface area contributed by atoms with Gasteiger partial charge in [0, 0.05) is 56.6 Å². The number of aryl methyl sites for hydroxylation is 2. The maximum Gasteiger partial charge on any atom is 0.410 e. The summed E-state index contributed by atoms with van der Waals surface area (Å²) in [5.74, 6) is 1.28.